The summed E-state index contributed by atoms with van der Waals surface area (Å²) in [7, 11) is 6.57. The zero-order valence-corrected chi connectivity index (χ0v) is 26.5. The standard InChI is InChI=1S/C33H37N5O9/c1-14(39)15-6-8-18(9-7-15)36-32(46)35-13-17-12-21(37(2)3)19-10-16-11-20-25(38(4)5)28(42)24(31(34)45)30(44)33(20,47)29(43)22(16)27(41)23(19)26(17)40/h6-9,12,16,20,25,40-41,44,47H,10-11,13H2,1-5H3,(H2,34,45)(H2,35,36,46). The maximum absolute atomic E-state index is 14.1. The highest BCUT2D eigenvalue weighted by Crippen LogP contribution is 2.54. The van der Waals surface area contributed by atoms with Gasteiger partial charge in [-0.15, -0.1) is 0 Å². The molecule has 0 saturated heterocycles. The van der Waals surface area contributed by atoms with Crippen LogP contribution in [0.2, 0.25) is 0 Å². The number of carbonyl (C=O) groups is 5. The topological polar surface area (TPSA) is 223 Å². The Morgan fingerprint density at radius 3 is 2.23 bits per heavy atom. The number of aliphatic hydroxyl groups is 3. The third-order valence-corrected chi connectivity index (χ3v) is 9.25. The van der Waals surface area contributed by atoms with Gasteiger partial charge in [-0.25, -0.2) is 4.79 Å². The van der Waals surface area contributed by atoms with E-state index >= 15 is 0 Å². The molecule has 0 heterocycles. The van der Waals surface area contributed by atoms with Gasteiger partial charge in [0.15, 0.2) is 17.2 Å². The van der Waals surface area contributed by atoms with E-state index in [9.17, 15) is 44.4 Å². The monoisotopic (exact) mass is 647 g/mol. The van der Waals surface area contributed by atoms with Crippen LogP contribution in [0, 0.1) is 11.8 Å². The van der Waals surface area contributed by atoms with E-state index in [-0.39, 0.29) is 41.9 Å². The van der Waals surface area contributed by atoms with Gasteiger partial charge in [-0.05, 0) is 75.7 Å². The molecular weight excluding hydrogens is 610 g/mol. The van der Waals surface area contributed by atoms with E-state index < -0.39 is 69.8 Å². The lowest BCUT2D eigenvalue weighted by atomic mass is 9.57. The minimum atomic E-state index is -2.75. The molecule has 0 spiro atoms. The third kappa shape index (κ3) is 5.28. The van der Waals surface area contributed by atoms with Crippen molar-refractivity contribution >= 4 is 46.4 Å². The number of primary amides is 1. The quantitative estimate of drug-likeness (QED) is 0.169. The van der Waals surface area contributed by atoms with Crippen molar-refractivity contribution in [2.24, 2.45) is 17.6 Å². The Balaban J connectivity index is 1.54. The minimum absolute atomic E-state index is 0.0315. The number of likely N-dealkylation sites (N-methyl/N-ethyl adjacent to an activating group) is 1. The summed E-state index contributed by atoms with van der Waals surface area (Å²) in [5.74, 6) is -7.47. The van der Waals surface area contributed by atoms with Gasteiger partial charge in [0.2, 0.25) is 5.78 Å². The first kappa shape index (κ1) is 33.2. The number of nitrogens with one attached hydrogen (secondary N) is 2. The Bertz CT molecular complexity index is 1790. The SMILES string of the molecule is CC(=O)c1ccc(NC(=O)NCc2cc(N(C)C)c3c(c2O)C(O)=C2C(=O)C4(O)C(O)=C(C(N)=O)C(=O)C(N(C)C)C4CC2C3)cc1. The highest BCUT2D eigenvalue weighted by atomic mass is 16.3. The van der Waals surface area contributed by atoms with Crippen LogP contribution in [0.15, 0.2) is 47.2 Å². The molecule has 4 unspecified atom stereocenters. The number of fused-ring (bicyclic) bond motifs is 3. The van der Waals surface area contributed by atoms with Crippen molar-refractivity contribution in [3.05, 3.63) is 69.5 Å². The second-order valence-electron chi connectivity index (χ2n) is 12.6. The van der Waals surface area contributed by atoms with Crippen molar-refractivity contribution in [3.63, 3.8) is 0 Å². The molecule has 4 atom stereocenters. The fourth-order valence-corrected chi connectivity index (χ4v) is 7.02. The average Bonchev–Trinajstić information content (AvgIpc) is 2.98. The lowest BCUT2D eigenvalue weighted by Gasteiger charge is -2.50. The van der Waals surface area contributed by atoms with E-state index in [1.54, 1.807) is 49.3 Å². The lowest BCUT2D eigenvalue weighted by molar-refractivity contribution is -0.153. The zero-order chi connectivity index (χ0) is 34.7. The number of hydrogen-bond acceptors (Lipinski definition) is 11. The molecule has 0 radical (unpaired) electrons. The van der Waals surface area contributed by atoms with Crippen molar-refractivity contribution in [2.45, 2.75) is 38.0 Å². The number of amides is 3. The molecule has 8 N–H and O–H groups in total. The maximum atomic E-state index is 14.1. The largest absolute Gasteiger partial charge is 0.508 e. The number of nitrogens with zero attached hydrogens (tertiary/aromatic N) is 2. The van der Waals surface area contributed by atoms with Gasteiger partial charge in [-0.3, -0.25) is 24.1 Å². The summed E-state index contributed by atoms with van der Waals surface area (Å²) in [6, 6.07) is 6.13. The molecule has 3 amide bonds. The smallest absolute Gasteiger partial charge is 0.319 e. The molecule has 2 aromatic carbocycles. The van der Waals surface area contributed by atoms with E-state index in [0.717, 1.165) is 0 Å². The molecule has 2 aromatic rings. The van der Waals surface area contributed by atoms with Crippen molar-refractivity contribution < 1.29 is 44.4 Å². The van der Waals surface area contributed by atoms with E-state index in [1.807, 2.05) is 0 Å². The zero-order valence-electron chi connectivity index (χ0n) is 26.5. The molecule has 0 bridgehead atoms. The first-order chi connectivity index (χ1) is 22.0. The number of nitrogens with two attached hydrogens (primary N) is 1. The predicted octanol–water partition coefficient (Wildman–Crippen LogP) is 1.55. The van der Waals surface area contributed by atoms with Crippen molar-refractivity contribution in [2.75, 3.05) is 38.4 Å². The normalized spacial score (nSPS) is 23.6. The number of ketones is 3. The van der Waals surface area contributed by atoms with Gasteiger partial charge in [-0.2, -0.15) is 0 Å². The number of aromatic hydroxyl groups is 1. The Labute approximate surface area is 270 Å². The second kappa shape index (κ2) is 11.9. The number of hydrogen-bond donors (Lipinski definition) is 7. The molecule has 0 aliphatic heterocycles. The average molecular weight is 648 g/mol. The summed E-state index contributed by atoms with van der Waals surface area (Å²) in [5, 5.41) is 51.2. The predicted molar refractivity (Wildman–Crippen MR) is 171 cm³/mol. The summed E-state index contributed by atoms with van der Waals surface area (Å²) in [5.41, 5.74) is 3.60. The van der Waals surface area contributed by atoms with Gasteiger partial charge in [0.1, 0.15) is 22.8 Å². The Hall–Kier alpha value is -5.21. The molecule has 14 nitrogen and oxygen atoms in total. The molecule has 5 rings (SSSR count). The molecule has 14 heteroatoms. The number of rotatable bonds is 7. The van der Waals surface area contributed by atoms with Crippen molar-refractivity contribution in [1.29, 1.82) is 0 Å². The van der Waals surface area contributed by atoms with Crippen LogP contribution in [0.1, 0.15) is 40.4 Å². The molecule has 1 saturated carbocycles. The second-order valence-corrected chi connectivity index (χ2v) is 12.6. The summed E-state index contributed by atoms with van der Waals surface area (Å²) in [6.45, 7) is 1.24. The van der Waals surface area contributed by atoms with Crippen LogP contribution in [0.5, 0.6) is 5.75 Å². The molecular formula is C33H37N5O9. The van der Waals surface area contributed by atoms with Crippen molar-refractivity contribution in [1.82, 2.24) is 10.2 Å². The molecule has 3 aliphatic rings. The van der Waals surface area contributed by atoms with Crippen LogP contribution in [0.3, 0.4) is 0 Å². The van der Waals surface area contributed by atoms with E-state index in [0.29, 0.717) is 22.5 Å². The summed E-state index contributed by atoms with van der Waals surface area (Å²) in [4.78, 5) is 67.0. The summed E-state index contributed by atoms with van der Waals surface area (Å²) >= 11 is 0. The molecule has 1 fully saturated rings. The van der Waals surface area contributed by atoms with Crippen LogP contribution < -0.4 is 21.3 Å². The summed E-state index contributed by atoms with van der Waals surface area (Å²) < 4.78 is 0. The van der Waals surface area contributed by atoms with Crippen LogP contribution >= 0.6 is 0 Å². The molecule has 0 aromatic heterocycles. The first-order valence-corrected chi connectivity index (χ1v) is 14.9. The van der Waals surface area contributed by atoms with Gasteiger partial charge < -0.3 is 41.7 Å². The number of aliphatic hydroxyl groups excluding tert-OH is 2. The van der Waals surface area contributed by atoms with Crippen LogP contribution in [-0.4, -0.2) is 94.4 Å². The molecule has 47 heavy (non-hydrogen) atoms. The fourth-order valence-electron chi connectivity index (χ4n) is 7.02. The third-order valence-electron chi connectivity index (χ3n) is 9.25. The Morgan fingerprint density at radius 1 is 1.04 bits per heavy atom. The Morgan fingerprint density at radius 2 is 1.68 bits per heavy atom. The van der Waals surface area contributed by atoms with Gasteiger partial charge in [0.05, 0.1) is 11.6 Å². The van der Waals surface area contributed by atoms with Gasteiger partial charge in [0, 0.05) is 54.6 Å². The van der Waals surface area contributed by atoms with Crippen molar-refractivity contribution in [3.8, 4) is 5.75 Å². The highest BCUT2D eigenvalue weighted by molar-refractivity contribution is 6.24. The number of carbonyl (C=O) groups excluding carboxylic acids is 5. The van der Waals surface area contributed by atoms with E-state index in [4.69, 9.17) is 5.73 Å². The highest BCUT2D eigenvalue weighted by Gasteiger charge is 2.64. The fraction of sp³-hybridized carbons (Fsp3) is 0.364. The first-order valence-electron chi connectivity index (χ1n) is 14.9. The number of benzene rings is 2. The Kier molecular flexibility index (Phi) is 8.37. The minimum Gasteiger partial charge on any atom is -0.508 e. The number of anilines is 2. The number of urea groups is 1. The number of phenols is 1. The van der Waals surface area contributed by atoms with Gasteiger partial charge in [0.25, 0.3) is 5.91 Å². The molecule has 3 aliphatic carbocycles. The van der Waals surface area contributed by atoms with Gasteiger partial charge >= 0.3 is 6.03 Å². The van der Waals surface area contributed by atoms with E-state index in [2.05, 4.69) is 10.6 Å². The number of phenolic OH excluding ortho intramolecular Hbond substituents is 1. The van der Waals surface area contributed by atoms with E-state index in [1.165, 1.54) is 25.9 Å². The van der Waals surface area contributed by atoms with Crippen LogP contribution in [0.25, 0.3) is 5.76 Å². The summed E-state index contributed by atoms with van der Waals surface area (Å²) in [6.07, 6.45) is 0.0936. The number of Topliss-reactive ketones (excluding diaryl/α,β-unsaturated/α-hetero) is 3. The lowest BCUT2D eigenvalue weighted by Crippen LogP contribution is -2.65. The maximum Gasteiger partial charge on any atom is 0.319 e. The molecule has 248 valence electrons. The van der Waals surface area contributed by atoms with Gasteiger partial charge in [-0.1, -0.05) is 0 Å². The van der Waals surface area contributed by atoms with Crippen LogP contribution in [0.4, 0.5) is 16.2 Å². The van der Waals surface area contributed by atoms with Crippen LogP contribution in [-0.2, 0) is 27.3 Å².